The van der Waals surface area contributed by atoms with Crippen LogP contribution in [0.1, 0.15) is 45.2 Å². The molecule has 0 saturated heterocycles. The molecular weight excluding hydrogens is 617 g/mol. The number of hydrogen-bond acceptors (Lipinski definition) is 1. The molecular formula is C49H32N2. The second-order valence-corrected chi connectivity index (χ2v) is 13.8. The van der Waals surface area contributed by atoms with Gasteiger partial charge in [-0.25, -0.2) is 4.98 Å². The van der Waals surface area contributed by atoms with Crippen molar-refractivity contribution in [3.63, 3.8) is 0 Å². The monoisotopic (exact) mass is 648 g/mol. The van der Waals surface area contributed by atoms with Gasteiger partial charge in [-0.15, -0.1) is 0 Å². The molecule has 2 nitrogen and oxygen atoms in total. The average Bonchev–Trinajstić information content (AvgIpc) is 3.83. The third-order valence-corrected chi connectivity index (χ3v) is 11.2. The van der Waals surface area contributed by atoms with E-state index in [2.05, 4.69) is 174 Å². The van der Waals surface area contributed by atoms with Crippen molar-refractivity contribution in [1.29, 1.82) is 0 Å². The fraction of sp³-hybridized carbons (Fsp3) is 0.0408. The Balaban J connectivity index is 1.07. The lowest BCUT2D eigenvalue weighted by Crippen LogP contribution is -2.03. The normalized spacial score (nSPS) is 14.4. The fourth-order valence-corrected chi connectivity index (χ4v) is 9.11. The van der Waals surface area contributed by atoms with E-state index in [0.29, 0.717) is 0 Å². The van der Waals surface area contributed by atoms with Gasteiger partial charge in [-0.05, 0) is 109 Å². The van der Waals surface area contributed by atoms with Crippen molar-refractivity contribution < 1.29 is 0 Å². The summed E-state index contributed by atoms with van der Waals surface area (Å²) in [6.45, 7) is 0. The Bertz CT molecular complexity index is 2780. The van der Waals surface area contributed by atoms with Gasteiger partial charge in [0, 0.05) is 34.5 Å². The van der Waals surface area contributed by atoms with Crippen LogP contribution < -0.4 is 0 Å². The molecule has 2 heterocycles. The molecule has 2 aromatic heterocycles. The molecule has 0 radical (unpaired) electrons. The molecule has 0 aliphatic heterocycles. The highest BCUT2D eigenvalue weighted by Crippen LogP contribution is 2.53. The molecule has 0 N–H and O–H groups in total. The number of rotatable bonds is 4. The summed E-state index contributed by atoms with van der Waals surface area (Å²) < 4.78 is 2.28. The van der Waals surface area contributed by atoms with Gasteiger partial charge in [0.2, 0.25) is 0 Å². The SMILES string of the molecule is c1ccc(-n2c3ccc(-c4ccccc4C4c5ccccc5-c5cc(C6c7ccccc7-c7ccccc76)ccc54)cc3c3cccnc32)cc1. The molecule has 7 aromatic carbocycles. The van der Waals surface area contributed by atoms with Crippen LogP contribution in [0.15, 0.2) is 182 Å². The zero-order valence-electron chi connectivity index (χ0n) is 27.9. The van der Waals surface area contributed by atoms with Crippen LogP contribution in [0.4, 0.5) is 0 Å². The number of pyridine rings is 1. The summed E-state index contributed by atoms with van der Waals surface area (Å²) in [6.07, 6.45) is 1.89. The van der Waals surface area contributed by atoms with Crippen LogP contribution in [-0.2, 0) is 0 Å². The Morgan fingerprint density at radius 3 is 1.67 bits per heavy atom. The van der Waals surface area contributed by atoms with E-state index in [1.54, 1.807) is 0 Å². The van der Waals surface area contributed by atoms with Gasteiger partial charge < -0.3 is 0 Å². The highest BCUT2D eigenvalue weighted by Gasteiger charge is 2.34. The minimum Gasteiger partial charge on any atom is -0.294 e. The maximum atomic E-state index is 4.85. The van der Waals surface area contributed by atoms with E-state index in [-0.39, 0.29) is 11.8 Å². The number of nitrogens with zero attached hydrogens (tertiary/aromatic N) is 2. The summed E-state index contributed by atoms with van der Waals surface area (Å²) in [5.41, 5.74) is 19.3. The molecule has 0 fully saturated rings. The van der Waals surface area contributed by atoms with Crippen molar-refractivity contribution in [2.45, 2.75) is 11.8 Å². The lowest BCUT2D eigenvalue weighted by Gasteiger charge is -2.20. The van der Waals surface area contributed by atoms with Crippen molar-refractivity contribution in [2.75, 3.05) is 0 Å². The quantitative estimate of drug-likeness (QED) is 0.186. The van der Waals surface area contributed by atoms with E-state index >= 15 is 0 Å². The minimum absolute atomic E-state index is 0.132. The van der Waals surface area contributed by atoms with Crippen LogP contribution in [0, 0.1) is 0 Å². The molecule has 51 heavy (non-hydrogen) atoms. The Morgan fingerprint density at radius 2 is 0.961 bits per heavy atom. The van der Waals surface area contributed by atoms with Crippen LogP contribution in [0.5, 0.6) is 0 Å². The lowest BCUT2D eigenvalue weighted by atomic mass is 9.83. The summed E-state index contributed by atoms with van der Waals surface area (Å²) in [7, 11) is 0. The average molecular weight is 649 g/mol. The van der Waals surface area contributed by atoms with Crippen molar-refractivity contribution in [3.8, 4) is 39.1 Å². The zero-order valence-corrected chi connectivity index (χ0v) is 27.9. The maximum absolute atomic E-state index is 4.85. The first-order valence-electron chi connectivity index (χ1n) is 17.8. The maximum Gasteiger partial charge on any atom is 0.145 e. The van der Waals surface area contributed by atoms with Gasteiger partial charge in [-0.1, -0.05) is 133 Å². The topological polar surface area (TPSA) is 17.8 Å². The highest BCUT2D eigenvalue weighted by molar-refractivity contribution is 6.09. The Hall–Kier alpha value is -6.51. The number of aromatic nitrogens is 2. The smallest absolute Gasteiger partial charge is 0.145 e. The largest absolute Gasteiger partial charge is 0.294 e. The van der Waals surface area contributed by atoms with Crippen LogP contribution in [0.2, 0.25) is 0 Å². The summed E-state index contributed by atoms with van der Waals surface area (Å²) in [6, 6.07) is 64.9. The predicted molar refractivity (Wildman–Crippen MR) is 210 cm³/mol. The highest BCUT2D eigenvalue weighted by atomic mass is 15.0. The van der Waals surface area contributed by atoms with E-state index in [4.69, 9.17) is 4.98 Å². The molecule has 11 rings (SSSR count). The zero-order chi connectivity index (χ0) is 33.5. The van der Waals surface area contributed by atoms with Gasteiger partial charge in [0.25, 0.3) is 0 Å². The van der Waals surface area contributed by atoms with Crippen molar-refractivity contribution in [2.24, 2.45) is 0 Å². The van der Waals surface area contributed by atoms with Gasteiger partial charge in [-0.2, -0.15) is 0 Å². The molecule has 1 unspecified atom stereocenters. The molecule has 1 atom stereocenters. The van der Waals surface area contributed by atoms with E-state index in [1.165, 1.54) is 72.1 Å². The molecule has 0 amide bonds. The number of benzene rings is 7. The van der Waals surface area contributed by atoms with Gasteiger partial charge in [0.15, 0.2) is 0 Å². The molecule has 2 aliphatic rings. The first kappa shape index (κ1) is 28.3. The second kappa shape index (κ2) is 11.0. The van der Waals surface area contributed by atoms with E-state index < -0.39 is 0 Å². The van der Waals surface area contributed by atoms with Gasteiger partial charge >= 0.3 is 0 Å². The number of fused-ring (bicyclic) bond motifs is 9. The summed E-state index contributed by atoms with van der Waals surface area (Å²) in [5, 5.41) is 2.37. The standard InChI is InChI=1S/C49H32N2/c1-2-13-33(14-3-1)51-46-27-25-31(29-45(46)43-23-12-28-50-49(43)51)34-15-4-8-19-38(34)48-41-22-11-7-18-37(41)44-30-32(24-26-42(44)48)47-39-20-9-5-16-35(39)36-17-6-10-21-40(36)47/h1-30,47-48H. The first-order chi connectivity index (χ1) is 25.3. The third-order valence-electron chi connectivity index (χ3n) is 11.2. The first-order valence-corrected chi connectivity index (χ1v) is 17.8. The lowest BCUT2D eigenvalue weighted by molar-refractivity contribution is 0.994. The molecule has 238 valence electrons. The van der Waals surface area contributed by atoms with Gasteiger partial charge in [0.05, 0.1) is 5.52 Å². The number of para-hydroxylation sites is 1. The molecule has 0 spiro atoms. The Labute approximate surface area is 296 Å². The molecule has 0 bridgehead atoms. The molecule has 2 heteroatoms. The molecule has 2 aliphatic carbocycles. The van der Waals surface area contributed by atoms with Crippen molar-refractivity contribution in [1.82, 2.24) is 9.55 Å². The number of hydrogen-bond donors (Lipinski definition) is 0. The van der Waals surface area contributed by atoms with Crippen molar-refractivity contribution in [3.05, 3.63) is 216 Å². The minimum atomic E-state index is 0.132. The molecule has 0 saturated carbocycles. The van der Waals surface area contributed by atoms with Crippen LogP contribution in [-0.4, -0.2) is 9.55 Å². The van der Waals surface area contributed by atoms with Crippen LogP contribution >= 0.6 is 0 Å². The van der Waals surface area contributed by atoms with Crippen molar-refractivity contribution >= 4 is 21.9 Å². The second-order valence-electron chi connectivity index (χ2n) is 13.8. The third kappa shape index (κ3) is 4.14. The van der Waals surface area contributed by atoms with Gasteiger partial charge in [-0.3, -0.25) is 4.57 Å². The van der Waals surface area contributed by atoms with E-state index in [0.717, 1.165) is 22.2 Å². The summed E-state index contributed by atoms with van der Waals surface area (Å²) in [4.78, 5) is 4.85. The van der Waals surface area contributed by atoms with Gasteiger partial charge in [0.1, 0.15) is 5.65 Å². The Kier molecular flexibility index (Phi) is 6.11. The van der Waals surface area contributed by atoms with E-state index in [9.17, 15) is 0 Å². The summed E-state index contributed by atoms with van der Waals surface area (Å²) in [5.74, 6) is 0.355. The summed E-state index contributed by atoms with van der Waals surface area (Å²) >= 11 is 0. The Morgan fingerprint density at radius 1 is 0.392 bits per heavy atom. The fourth-order valence-electron chi connectivity index (χ4n) is 9.11. The predicted octanol–water partition coefficient (Wildman–Crippen LogP) is 12.2. The van der Waals surface area contributed by atoms with Crippen LogP contribution in [0.25, 0.3) is 61.0 Å². The van der Waals surface area contributed by atoms with E-state index in [1.807, 2.05) is 12.3 Å². The van der Waals surface area contributed by atoms with Crippen LogP contribution in [0.3, 0.4) is 0 Å². The molecule has 9 aromatic rings.